The van der Waals surface area contributed by atoms with E-state index in [4.69, 9.17) is 14.2 Å². The molecule has 0 spiro atoms. The van der Waals surface area contributed by atoms with Crippen molar-refractivity contribution in [3.63, 3.8) is 0 Å². The Morgan fingerprint density at radius 1 is 0.361 bits per heavy atom. The van der Waals surface area contributed by atoms with Crippen LogP contribution in [0.5, 0.6) is 0 Å². The van der Waals surface area contributed by atoms with Crippen LogP contribution in [-0.4, -0.2) is 37.2 Å². The van der Waals surface area contributed by atoms with Gasteiger partial charge >= 0.3 is 17.9 Å². The van der Waals surface area contributed by atoms with E-state index in [1.807, 2.05) is 0 Å². The molecule has 0 aromatic rings. The zero-order valence-corrected chi connectivity index (χ0v) is 39.7. The highest BCUT2D eigenvalue weighted by Gasteiger charge is 2.19. The summed E-state index contributed by atoms with van der Waals surface area (Å²) in [5.41, 5.74) is 0. The first-order valence-electron chi connectivity index (χ1n) is 25.1. The van der Waals surface area contributed by atoms with Crippen LogP contribution in [0.2, 0.25) is 0 Å². The van der Waals surface area contributed by atoms with E-state index in [1.165, 1.54) is 89.9 Å². The van der Waals surface area contributed by atoms with E-state index in [0.717, 1.165) is 89.9 Å². The molecule has 0 fully saturated rings. The van der Waals surface area contributed by atoms with E-state index in [9.17, 15) is 14.4 Å². The molecule has 0 aromatic carbocycles. The first-order chi connectivity index (χ1) is 30.0. The highest BCUT2D eigenvalue weighted by Crippen LogP contribution is 2.14. The van der Waals surface area contributed by atoms with Gasteiger partial charge in [-0.2, -0.15) is 0 Å². The van der Waals surface area contributed by atoms with Crippen LogP contribution in [0.25, 0.3) is 0 Å². The quantitative estimate of drug-likeness (QED) is 0.0200. The lowest BCUT2D eigenvalue weighted by atomic mass is 10.1. The van der Waals surface area contributed by atoms with Crippen molar-refractivity contribution in [3.8, 4) is 0 Å². The maximum Gasteiger partial charge on any atom is 0.306 e. The Balaban J connectivity index is 4.40. The molecule has 6 nitrogen and oxygen atoms in total. The maximum absolute atomic E-state index is 12.7. The van der Waals surface area contributed by atoms with Crippen LogP contribution in [-0.2, 0) is 28.6 Å². The number of hydrogen-bond donors (Lipinski definition) is 0. The molecular weight excluding hydrogens is 757 g/mol. The summed E-state index contributed by atoms with van der Waals surface area (Å²) in [7, 11) is 0. The normalized spacial score (nSPS) is 12.8. The topological polar surface area (TPSA) is 78.9 Å². The van der Waals surface area contributed by atoms with Crippen LogP contribution < -0.4 is 0 Å². The van der Waals surface area contributed by atoms with E-state index in [-0.39, 0.29) is 37.5 Å². The van der Waals surface area contributed by atoms with Gasteiger partial charge in [0.05, 0.1) is 0 Å². The van der Waals surface area contributed by atoms with Gasteiger partial charge in [0, 0.05) is 19.3 Å². The van der Waals surface area contributed by atoms with Crippen LogP contribution in [0.1, 0.15) is 226 Å². The average Bonchev–Trinajstić information content (AvgIpc) is 3.26. The number of rotatable bonds is 44. The third-order valence-electron chi connectivity index (χ3n) is 10.4. The molecule has 0 aromatic heterocycles. The van der Waals surface area contributed by atoms with Gasteiger partial charge in [-0.25, -0.2) is 0 Å². The number of ether oxygens (including phenoxy) is 3. The number of allylic oxidation sites excluding steroid dienone is 14. The second-order valence-corrected chi connectivity index (χ2v) is 16.4. The molecule has 0 radical (unpaired) electrons. The second kappa shape index (κ2) is 49.2. The fourth-order valence-corrected chi connectivity index (χ4v) is 6.69. The molecule has 1 atom stereocenters. The minimum atomic E-state index is -0.808. The molecule has 0 bridgehead atoms. The number of carbonyl (C=O) groups excluding carboxylic acids is 3. The Bertz CT molecular complexity index is 1200. The van der Waals surface area contributed by atoms with Gasteiger partial charge < -0.3 is 14.2 Å². The summed E-state index contributed by atoms with van der Waals surface area (Å²) in [5, 5.41) is 0. The summed E-state index contributed by atoms with van der Waals surface area (Å²) in [5.74, 6) is -0.989. The molecule has 0 N–H and O–H groups in total. The lowest BCUT2D eigenvalue weighted by Gasteiger charge is -2.18. The molecule has 0 aliphatic heterocycles. The molecular formula is C55H92O6. The highest BCUT2D eigenvalue weighted by molar-refractivity contribution is 5.71. The fourth-order valence-electron chi connectivity index (χ4n) is 6.69. The monoisotopic (exact) mass is 849 g/mol. The lowest BCUT2D eigenvalue weighted by molar-refractivity contribution is -0.167. The molecule has 0 aliphatic carbocycles. The predicted molar refractivity (Wildman–Crippen MR) is 261 cm³/mol. The summed E-state index contributed by atoms with van der Waals surface area (Å²) in [6, 6.07) is 0. The number of unbranched alkanes of at least 4 members (excludes halogenated alkanes) is 21. The van der Waals surface area contributed by atoms with Gasteiger partial charge in [0.15, 0.2) is 6.10 Å². The van der Waals surface area contributed by atoms with Crippen LogP contribution in [0.15, 0.2) is 85.1 Å². The third-order valence-corrected chi connectivity index (χ3v) is 10.4. The first kappa shape index (κ1) is 57.6. The fraction of sp³-hybridized carbons (Fsp3) is 0.691. The van der Waals surface area contributed by atoms with Crippen molar-refractivity contribution in [1.29, 1.82) is 0 Å². The molecule has 6 heteroatoms. The van der Waals surface area contributed by atoms with Gasteiger partial charge in [0.2, 0.25) is 0 Å². The van der Waals surface area contributed by atoms with Crippen molar-refractivity contribution < 1.29 is 28.6 Å². The molecule has 0 heterocycles. The van der Waals surface area contributed by atoms with Crippen molar-refractivity contribution in [2.75, 3.05) is 13.2 Å². The van der Waals surface area contributed by atoms with E-state index in [2.05, 4.69) is 106 Å². The molecule has 0 amide bonds. The third kappa shape index (κ3) is 47.5. The van der Waals surface area contributed by atoms with E-state index in [0.29, 0.717) is 19.3 Å². The lowest BCUT2D eigenvalue weighted by Crippen LogP contribution is -2.30. The van der Waals surface area contributed by atoms with Crippen molar-refractivity contribution in [3.05, 3.63) is 85.1 Å². The molecule has 0 rings (SSSR count). The maximum atomic E-state index is 12.7. The van der Waals surface area contributed by atoms with Crippen LogP contribution in [0.3, 0.4) is 0 Å². The molecule has 1 unspecified atom stereocenters. The Labute approximate surface area is 375 Å². The molecule has 0 aliphatic rings. The SMILES string of the molecule is CC\C=C/C=C\C=C/CCCCCCCC(=O)OC(COC(=O)CCC/C=C\C/C=C\C/C=C\CC)COC(=O)CCCCCCCCC/C=C\CCCCCCCCCC. The summed E-state index contributed by atoms with van der Waals surface area (Å²) >= 11 is 0. The van der Waals surface area contributed by atoms with Gasteiger partial charge in [0.1, 0.15) is 13.2 Å². The van der Waals surface area contributed by atoms with Gasteiger partial charge in [-0.15, -0.1) is 0 Å². The summed E-state index contributed by atoms with van der Waals surface area (Å²) in [6.45, 7) is 6.31. The van der Waals surface area contributed by atoms with Gasteiger partial charge in [-0.3, -0.25) is 14.4 Å². The van der Waals surface area contributed by atoms with E-state index in [1.54, 1.807) is 0 Å². The highest BCUT2D eigenvalue weighted by atomic mass is 16.6. The Hall–Kier alpha value is -3.41. The van der Waals surface area contributed by atoms with Crippen molar-refractivity contribution in [2.24, 2.45) is 0 Å². The summed E-state index contributed by atoms with van der Waals surface area (Å²) in [4.78, 5) is 37.8. The predicted octanol–water partition coefficient (Wildman–Crippen LogP) is 16.4. The van der Waals surface area contributed by atoms with Crippen LogP contribution in [0.4, 0.5) is 0 Å². The van der Waals surface area contributed by atoms with Gasteiger partial charge in [0.25, 0.3) is 0 Å². The Morgan fingerprint density at radius 3 is 1.26 bits per heavy atom. The number of esters is 3. The van der Waals surface area contributed by atoms with Crippen LogP contribution in [0, 0.1) is 0 Å². The van der Waals surface area contributed by atoms with Crippen molar-refractivity contribution in [2.45, 2.75) is 232 Å². The Morgan fingerprint density at radius 2 is 0.738 bits per heavy atom. The minimum Gasteiger partial charge on any atom is -0.462 e. The number of hydrogen-bond acceptors (Lipinski definition) is 6. The van der Waals surface area contributed by atoms with Gasteiger partial charge in [-0.05, 0) is 89.9 Å². The largest absolute Gasteiger partial charge is 0.462 e. The zero-order valence-electron chi connectivity index (χ0n) is 39.7. The molecule has 0 saturated heterocycles. The molecule has 61 heavy (non-hydrogen) atoms. The Kier molecular flexibility index (Phi) is 46.5. The first-order valence-corrected chi connectivity index (χ1v) is 25.1. The molecule has 0 saturated carbocycles. The summed E-state index contributed by atoms with van der Waals surface area (Å²) in [6.07, 6.45) is 63.0. The zero-order chi connectivity index (χ0) is 44.4. The van der Waals surface area contributed by atoms with Crippen LogP contribution >= 0.6 is 0 Å². The number of carbonyl (C=O) groups is 3. The van der Waals surface area contributed by atoms with Crippen molar-refractivity contribution in [1.82, 2.24) is 0 Å². The van der Waals surface area contributed by atoms with Gasteiger partial charge in [-0.1, -0.05) is 202 Å². The summed E-state index contributed by atoms with van der Waals surface area (Å²) < 4.78 is 16.7. The minimum absolute atomic E-state index is 0.104. The van der Waals surface area contributed by atoms with E-state index < -0.39 is 6.10 Å². The average molecular weight is 849 g/mol. The second-order valence-electron chi connectivity index (χ2n) is 16.4. The van der Waals surface area contributed by atoms with E-state index >= 15 is 0 Å². The standard InChI is InChI=1S/C55H92O6/c1-4-7-10-13-16-19-22-24-25-26-27-28-29-31-33-36-39-42-45-48-54(57)60-51-52(50-59-53(56)47-44-41-38-35-32-21-18-15-12-9-6-3)61-55(58)49-46-43-40-37-34-30-23-20-17-14-11-8-5-2/h8-9,11-12,14,17-18,20-21,23,26-27,35,38,52H,4-7,10,13,15-16,19,22,24-25,28-34,36-37,39-51H2,1-3H3/b11-8-,12-9-,17-14-,21-18-,23-20-,27-26-,38-35-. The smallest absolute Gasteiger partial charge is 0.306 e. The molecule has 348 valence electrons. The van der Waals surface area contributed by atoms with Crippen molar-refractivity contribution >= 4 is 17.9 Å².